The van der Waals surface area contributed by atoms with Crippen molar-refractivity contribution in [1.82, 2.24) is 4.90 Å². The summed E-state index contributed by atoms with van der Waals surface area (Å²) in [6.07, 6.45) is 20.8. The van der Waals surface area contributed by atoms with Crippen LogP contribution in [0.1, 0.15) is 124 Å². The number of hydrogen-bond acceptors (Lipinski definition) is 2. The summed E-state index contributed by atoms with van der Waals surface area (Å²) in [6, 6.07) is 0. The molecule has 0 aromatic rings. The first-order valence-electron chi connectivity index (χ1n) is 11.5. The van der Waals surface area contributed by atoms with E-state index in [9.17, 15) is 4.79 Å². The molecule has 2 heteroatoms. The molecule has 0 saturated carbocycles. The van der Waals surface area contributed by atoms with Gasteiger partial charge in [-0.2, -0.15) is 0 Å². The molecule has 25 heavy (non-hydrogen) atoms. The van der Waals surface area contributed by atoms with Crippen molar-refractivity contribution in [1.29, 1.82) is 0 Å². The zero-order valence-corrected chi connectivity index (χ0v) is 17.8. The Labute approximate surface area is 159 Å². The van der Waals surface area contributed by atoms with Gasteiger partial charge in [-0.25, -0.2) is 0 Å². The second-order valence-corrected chi connectivity index (χ2v) is 7.81. The smallest absolute Gasteiger partial charge is 0.146 e. The lowest BCUT2D eigenvalue weighted by atomic mass is 10.0. The number of hydrogen-bond donors (Lipinski definition) is 0. The summed E-state index contributed by atoms with van der Waals surface area (Å²) in [5.74, 6) is 0.449. The van der Waals surface area contributed by atoms with Gasteiger partial charge in [0.2, 0.25) is 0 Å². The van der Waals surface area contributed by atoms with Gasteiger partial charge < -0.3 is 0 Å². The minimum Gasteiger partial charge on any atom is -0.298 e. The Kier molecular flexibility index (Phi) is 19.7. The molecule has 0 rings (SSSR count). The highest BCUT2D eigenvalue weighted by Gasteiger charge is 2.08. The topological polar surface area (TPSA) is 20.3 Å². The van der Waals surface area contributed by atoms with Gasteiger partial charge in [0.05, 0.1) is 6.54 Å². The number of nitrogens with zero attached hydrogens (tertiary/aromatic N) is 1. The largest absolute Gasteiger partial charge is 0.298 e. The molecule has 0 bridgehead atoms. The van der Waals surface area contributed by atoms with Crippen LogP contribution in [0.2, 0.25) is 0 Å². The Balaban J connectivity index is 3.33. The predicted molar refractivity (Wildman–Crippen MR) is 112 cm³/mol. The Morgan fingerprint density at radius 2 is 0.960 bits per heavy atom. The van der Waals surface area contributed by atoms with Crippen LogP contribution in [0.3, 0.4) is 0 Å². The van der Waals surface area contributed by atoms with Crippen molar-refractivity contribution < 1.29 is 4.79 Å². The van der Waals surface area contributed by atoms with Crippen LogP contribution in [-0.2, 0) is 4.79 Å². The first-order chi connectivity index (χ1) is 12.2. The van der Waals surface area contributed by atoms with Crippen molar-refractivity contribution in [2.45, 2.75) is 124 Å². The highest BCUT2D eigenvalue weighted by atomic mass is 16.1. The lowest BCUT2D eigenvalue weighted by molar-refractivity contribution is -0.120. The van der Waals surface area contributed by atoms with Gasteiger partial charge >= 0.3 is 0 Å². The molecule has 0 atom stereocenters. The van der Waals surface area contributed by atoms with Crippen LogP contribution in [-0.4, -0.2) is 30.3 Å². The van der Waals surface area contributed by atoms with E-state index in [-0.39, 0.29) is 0 Å². The van der Waals surface area contributed by atoms with Crippen LogP contribution in [0.25, 0.3) is 0 Å². The number of Topliss-reactive ketones (excluding diaryl/α,β-unsaturated/α-hetero) is 1. The van der Waals surface area contributed by atoms with E-state index in [0.717, 1.165) is 38.8 Å². The molecule has 2 nitrogen and oxygen atoms in total. The molecule has 0 aromatic heterocycles. The number of ketones is 1. The van der Waals surface area contributed by atoms with Crippen molar-refractivity contribution in [3.8, 4) is 0 Å². The predicted octanol–water partition coefficient (Wildman–Crippen LogP) is 7.16. The molecule has 0 N–H and O–H groups in total. The van der Waals surface area contributed by atoms with E-state index in [1.165, 1.54) is 77.0 Å². The summed E-state index contributed by atoms with van der Waals surface area (Å²) in [4.78, 5) is 14.4. The van der Waals surface area contributed by atoms with E-state index in [2.05, 4.69) is 25.7 Å². The summed E-state index contributed by atoms with van der Waals surface area (Å²) in [7, 11) is 0. The second-order valence-electron chi connectivity index (χ2n) is 7.81. The maximum atomic E-state index is 12.1. The quantitative estimate of drug-likeness (QED) is 0.216. The first kappa shape index (κ1) is 24.6. The summed E-state index contributed by atoms with van der Waals surface area (Å²) in [5, 5.41) is 0. The average Bonchev–Trinajstić information content (AvgIpc) is 2.59. The minimum absolute atomic E-state index is 0.449. The van der Waals surface area contributed by atoms with Gasteiger partial charge in [0.25, 0.3) is 0 Å². The Morgan fingerprint density at radius 1 is 0.560 bits per heavy atom. The average molecular weight is 354 g/mol. The van der Waals surface area contributed by atoms with Gasteiger partial charge in [0.1, 0.15) is 5.78 Å². The SMILES string of the molecule is CCCCCCCCCCCCCCCC(=O)CN(CCC)CCC. The molecular weight excluding hydrogens is 306 g/mol. The van der Waals surface area contributed by atoms with E-state index in [4.69, 9.17) is 0 Å². The fraction of sp³-hybridized carbons (Fsp3) is 0.957. The molecule has 0 fully saturated rings. The van der Waals surface area contributed by atoms with Gasteiger partial charge in [0.15, 0.2) is 0 Å². The zero-order valence-electron chi connectivity index (χ0n) is 17.8. The van der Waals surface area contributed by atoms with Gasteiger partial charge in [0, 0.05) is 6.42 Å². The third-order valence-corrected chi connectivity index (χ3v) is 5.04. The molecule has 0 saturated heterocycles. The highest BCUT2D eigenvalue weighted by molar-refractivity contribution is 5.80. The van der Waals surface area contributed by atoms with Crippen LogP contribution in [0.4, 0.5) is 0 Å². The molecule has 150 valence electrons. The van der Waals surface area contributed by atoms with E-state index in [1.54, 1.807) is 0 Å². The Morgan fingerprint density at radius 3 is 1.36 bits per heavy atom. The molecule has 0 amide bonds. The molecule has 0 radical (unpaired) electrons. The summed E-state index contributed by atoms with van der Waals surface area (Å²) in [6.45, 7) is 9.49. The highest BCUT2D eigenvalue weighted by Crippen LogP contribution is 2.13. The van der Waals surface area contributed by atoms with Crippen molar-refractivity contribution >= 4 is 5.78 Å². The van der Waals surface area contributed by atoms with Crippen LogP contribution < -0.4 is 0 Å². The van der Waals surface area contributed by atoms with Crippen molar-refractivity contribution in [2.75, 3.05) is 19.6 Å². The molecule has 0 aliphatic heterocycles. The van der Waals surface area contributed by atoms with E-state index in [0.29, 0.717) is 12.3 Å². The fourth-order valence-corrected chi connectivity index (χ4v) is 3.57. The van der Waals surface area contributed by atoms with Crippen molar-refractivity contribution in [3.05, 3.63) is 0 Å². The van der Waals surface area contributed by atoms with E-state index >= 15 is 0 Å². The Bertz CT molecular complexity index is 271. The van der Waals surface area contributed by atoms with Gasteiger partial charge in [-0.1, -0.05) is 97.8 Å². The van der Waals surface area contributed by atoms with Gasteiger partial charge in [-0.05, 0) is 32.4 Å². The second kappa shape index (κ2) is 19.9. The standard InChI is InChI=1S/C23H47NO/c1-4-7-8-9-10-11-12-13-14-15-16-17-18-19-23(25)22-24(20-5-2)21-6-3/h4-22H2,1-3H3. The Hall–Kier alpha value is -0.370. The van der Waals surface area contributed by atoms with Crippen LogP contribution in [0.15, 0.2) is 0 Å². The van der Waals surface area contributed by atoms with Crippen LogP contribution >= 0.6 is 0 Å². The van der Waals surface area contributed by atoms with Crippen molar-refractivity contribution in [2.24, 2.45) is 0 Å². The third kappa shape index (κ3) is 18.2. The molecule has 0 aromatic carbocycles. The summed E-state index contributed by atoms with van der Waals surface area (Å²) >= 11 is 0. The monoisotopic (exact) mass is 353 g/mol. The molecule has 0 unspecified atom stereocenters. The number of rotatable bonds is 20. The van der Waals surface area contributed by atoms with Gasteiger partial charge in [-0.15, -0.1) is 0 Å². The summed E-state index contributed by atoms with van der Waals surface area (Å²) in [5.41, 5.74) is 0. The molecule has 0 heterocycles. The fourth-order valence-electron chi connectivity index (χ4n) is 3.57. The number of carbonyl (C=O) groups excluding carboxylic acids is 1. The van der Waals surface area contributed by atoms with Gasteiger partial charge in [-0.3, -0.25) is 9.69 Å². The van der Waals surface area contributed by atoms with Crippen molar-refractivity contribution in [3.63, 3.8) is 0 Å². The normalized spacial score (nSPS) is 11.4. The maximum Gasteiger partial charge on any atom is 0.146 e. The lowest BCUT2D eigenvalue weighted by Crippen LogP contribution is -2.31. The van der Waals surface area contributed by atoms with Crippen LogP contribution in [0, 0.1) is 0 Å². The maximum absolute atomic E-state index is 12.1. The molecule has 0 aliphatic carbocycles. The number of carbonyl (C=O) groups is 1. The van der Waals surface area contributed by atoms with E-state index < -0.39 is 0 Å². The van der Waals surface area contributed by atoms with E-state index in [1.807, 2.05) is 0 Å². The zero-order chi connectivity index (χ0) is 18.6. The summed E-state index contributed by atoms with van der Waals surface area (Å²) < 4.78 is 0. The molecule has 0 aliphatic rings. The lowest BCUT2D eigenvalue weighted by Gasteiger charge is -2.19. The molecular formula is C23H47NO. The van der Waals surface area contributed by atoms with Crippen LogP contribution in [0.5, 0.6) is 0 Å². The minimum atomic E-state index is 0.449. The molecule has 0 spiro atoms. The number of unbranched alkanes of at least 4 members (excludes halogenated alkanes) is 12. The first-order valence-corrected chi connectivity index (χ1v) is 11.5. The third-order valence-electron chi connectivity index (χ3n) is 5.04.